The van der Waals surface area contributed by atoms with Crippen molar-refractivity contribution in [1.29, 1.82) is 0 Å². The summed E-state index contributed by atoms with van der Waals surface area (Å²) in [7, 11) is 0. The van der Waals surface area contributed by atoms with E-state index < -0.39 is 12.7 Å². The Kier molecular flexibility index (Phi) is 4.99. The zero-order valence-electron chi connectivity index (χ0n) is 11.4. The number of aromatic nitrogens is 2. The molecule has 2 rings (SSSR count). The van der Waals surface area contributed by atoms with Crippen molar-refractivity contribution < 1.29 is 18.0 Å². The Balaban J connectivity index is 1.92. The summed E-state index contributed by atoms with van der Waals surface area (Å²) < 4.78 is 37.4. The van der Waals surface area contributed by atoms with Crippen molar-refractivity contribution in [2.24, 2.45) is 5.92 Å². The predicted octanol–water partition coefficient (Wildman–Crippen LogP) is 1.89. The Morgan fingerprint density at radius 1 is 1.48 bits per heavy atom. The van der Waals surface area contributed by atoms with E-state index in [9.17, 15) is 18.0 Å². The molecule has 1 atom stereocenters. The van der Waals surface area contributed by atoms with Crippen LogP contribution in [-0.4, -0.2) is 64.9 Å². The van der Waals surface area contributed by atoms with Crippen LogP contribution in [0.15, 0.2) is 5.51 Å². The first kappa shape index (κ1) is 16.0. The lowest BCUT2D eigenvalue weighted by Gasteiger charge is -2.22. The normalized spacial score (nSPS) is 21.1. The number of anilines is 1. The predicted molar refractivity (Wildman–Crippen MR) is 72.2 cm³/mol. The molecular weight excluding hydrogens is 307 g/mol. The maximum Gasteiger partial charge on any atom is 0.401 e. The standard InChI is InChI=1S/C11H16F3N5OS/c1-8-4-18(6-11(12,13)14)2-3-19(5-8)10(20)16-9-17-15-7-21-9/h7-8H,2-6H2,1H3,(H,16,17,20). The van der Waals surface area contributed by atoms with Gasteiger partial charge in [-0.2, -0.15) is 13.2 Å². The molecule has 21 heavy (non-hydrogen) atoms. The maximum absolute atomic E-state index is 12.5. The molecule has 1 N–H and O–H groups in total. The largest absolute Gasteiger partial charge is 0.401 e. The lowest BCUT2D eigenvalue weighted by atomic mass is 10.1. The van der Waals surface area contributed by atoms with Crippen LogP contribution in [0.2, 0.25) is 0 Å². The van der Waals surface area contributed by atoms with Gasteiger partial charge in [0, 0.05) is 26.2 Å². The molecule has 0 saturated carbocycles. The first-order valence-electron chi connectivity index (χ1n) is 6.44. The fourth-order valence-electron chi connectivity index (χ4n) is 2.30. The summed E-state index contributed by atoms with van der Waals surface area (Å²) in [5.41, 5.74) is 1.49. The van der Waals surface area contributed by atoms with Crippen LogP contribution in [0.4, 0.5) is 23.1 Å². The number of halogens is 3. The van der Waals surface area contributed by atoms with Gasteiger partial charge >= 0.3 is 12.2 Å². The highest BCUT2D eigenvalue weighted by Gasteiger charge is 2.33. The third kappa shape index (κ3) is 5.12. The molecular formula is C11H16F3N5OS. The SMILES string of the molecule is CC1CN(CC(F)(F)F)CCN(C(=O)Nc2nncs2)C1. The Morgan fingerprint density at radius 3 is 2.86 bits per heavy atom. The summed E-state index contributed by atoms with van der Waals surface area (Å²) in [5.74, 6) is -0.0324. The Hall–Kier alpha value is -1.42. The van der Waals surface area contributed by atoms with E-state index in [1.165, 1.54) is 26.6 Å². The van der Waals surface area contributed by atoms with Crippen molar-refractivity contribution in [2.75, 3.05) is 38.0 Å². The molecule has 10 heteroatoms. The summed E-state index contributed by atoms with van der Waals surface area (Å²) in [6.07, 6.45) is -4.22. The minimum atomic E-state index is -4.22. The van der Waals surface area contributed by atoms with Crippen LogP contribution < -0.4 is 5.32 Å². The van der Waals surface area contributed by atoms with Gasteiger partial charge in [0.25, 0.3) is 0 Å². The number of urea groups is 1. The molecule has 1 aromatic rings. The minimum absolute atomic E-state index is 0.0324. The monoisotopic (exact) mass is 323 g/mol. The van der Waals surface area contributed by atoms with Gasteiger partial charge in [-0.1, -0.05) is 18.3 Å². The van der Waals surface area contributed by atoms with Gasteiger partial charge in [0.05, 0.1) is 6.54 Å². The summed E-state index contributed by atoms with van der Waals surface area (Å²) in [6.45, 7) is 2.09. The molecule has 0 aliphatic carbocycles. The van der Waals surface area contributed by atoms with Crippen molar-refractivity contribution >= 4 is 22.5 Å². The van der Waals surface area contributed by atoms with Crippen LogP contribution in [0.25, 0.3) is 0 Å². The molecule has 2 heterocycles. The second-order valence-corrected chi connectivity index (χ2v) is 5.91. The van der Waals surface area contributed by atoms with E-state index in [1.54, 1.807) is 0 Å². The molecule has 1 aromatic heterocycles. The van der Waals surface area contributed by atoms with E-state index in [4.69, 9.17) is 0 Å². The van der Waals surface area contributed by atoms with Crippen molar-refractivity contribution in [2.45, 2.75) is 13.1 Å². The third-order valence-corrected chi connectivity index (χ3v) is 3.66. The van der Waals surface area contributed by atoms with Gasteiger partial charge in [-0.3, -0.25) is 10.2 Å². The summed E-state index contributed by atoms with van der Waals surface area (Å²) >= 11 is 1.19. The Morgan fingerprint density at radius 2 is 2.24 bits per heavy atom. The summed E-state index contributed by atoms with van der Waals surface area (Å²) in [4.78, 5) is 14.9. The molecule has 118 valence electrons. The molecule has 1 aliphatic rings. The van der Waals surface area contributed by atoms with Crippen LogP contribution in [-0.2, 0) is 0 Å². The van der Waals surface area contributed by atoms with Crippen LogP contribution >= 0.6 is 11.3 Å². The number of hydrogen-bond donors (Lipinski definition) is 1. The zero-order valence-corrected chi connectivity index (χ0v) is 12.2. The molecule has 1 fully saturated rings. The van der Waals surface area contributed by atoms with Crippen molar-refractivity contribution in [3.8, 4) is 0 Å². The van der Waals surface area contributed by atoms with Gasteiger partial charge < -0.3 is 4.90 Å². The number of amides is 2. The quantitative estimate of drug-likeness (QED) is 0.903. The van der Waals surface area contributed by atoms with Crippen LogP contribution in [0.1, 0.15) is 6.92 Å². The number of carbonyl (C=O) groups is 1. The maximum atomic E-state index is 12.5. The topological polar surface area (TPSA) is 61.4 Å². The fourth-order valence-corrected chi connectivity index (χ4v) is 2.73. The number of nitrogens with zero attached hydrogens (tertiary/aromatic N) is 4. The van der Waals surface area contributed by atoms with E-state index in [0.29, 0.717) is 18.2 Å². The summed E-state index contributed by atoms with van der Waals surface area (Å²) in [6, 6.07) is -0.354. The second-order valence-electron chi connectivity index (χ2n) is 5.08. The van der Waals surface area contributed by atoms with Gasteiger partial charge in [-0.25, -0.2) is 4.79 Å². The average Bonchev–Trinajstić information content (AvgIpc) is 2.77. The molecule has 1 unspecified atom stereocenters. The highest BCUT2D eigenvalue weighted by Crippen LogP contribution is 2.19. The first-order valence-corrected chi connectivity index (χ1v) is 7.32. The first-order chi connectivity index (χ1) is 9.83. The molecule has 1 saturated heterocycles. The van der Waals surface area contributed by atoms with Crippen LogP contribution in [0, 0.1) is 5.92 Å². The van der Waals surface area contributed by atoms with E-state index in [0.717, 1.165) is 0 Å². The van der Waals surface area contributed by atoms with Gasteiger partial charge in [0.15, 0.2) is 0 Å². The minimum Gasteiger partial charge on any atom is -0.323 e. The fraction of sp³-hybridized carbons (Fsp3) is 0.727. The average molecular weight is 323 g/mol. The van der Waals surface area contributed by atoms with Crippen molar-refractivity contribution in [3.05, 3.63) is 5.51 Å². The molecule has 2 amide bonds. The Bertz CT molecular complexity index is 467. The zero-order chi connectivity index (χ0) is 15.5. The van der Waals surface area contributed by atoms with E-state index in [2.05, 4.69) is 15.5 Å². The number of rotatable bonds is 2. The number of alkyl halides is 3. The molecule has 6 nitrogen and oxygen atoms in total. The number of hydrogen-bond acceptors (Lipinski definition) is 5. The van der Waals surface area contributed by atoms with Gasteiger partial charge in [0.2, 0.25) is 5.13 Å². The van der Waals surface area contributed by atoms with E-state index in [-0.39, 0.29) is 25.0 Å². The van der Waals surface area contributed by atoms with Gasteiger partial charge in [-0.15, -0.1) is 10.2 Å². The van der Waals surface area contributed by atoms with Gasteiger partial charge in [0.1, 0.15) is 5.51 Å². The molecule has 0 spiro atoms. The number of carbonyl (C=O) groups excluding carboxylic acids is 1. The second kappa shape index (κ2) is 6.56. The number of nitrogens with one attached hydrogen (secondary N) is 1. The highest BCUT2D eigenvalue weighted by molar-refractivity contribution is 7.13. The third-order valence-electron chi connectivity index (χ3n) is 3.05. The lowest BCUT2D eigenvalue weighted by molar-refractivity contribution is -0.146. The Labute approximate surface area is 123 Å². The van der Waals surface area contributed by atoms with Crippen LogP contribution in [0.5, 0.6) is 0 Å². The summed E-state index contributed by atoms with van der Waals surface area (Å²) in [5, 5.41) is 10.3. The highest BCUT2D eigenvalue weighted by atomic mass is 32.1. The molecule has 0 bridgehead atoms. The van der Waals surface area contributed by atoms with Crippen LogP contribution in [0.3, 0.4) is 0 Å². The molecule has 1 aliphatic heterocycles. The lowest BCUT2D eigenvalue weighted by Crippen LogP contribution is -2.40. The van der Waals surface area contributed by atoms with E-state index in [1.807, 2.05) is 6.92 Å². The smallest absolute Gasteiger partial charge is 0.323 e. The van der Waals surface area contributed by atoms with Crippen molar-refractivity contribution in [3.63, 3.8) is 0 Å². The van der Waals surface area contributed by atoms with E-state index >= 15 is 0 Å². The molecule has 0 radical (unpaired) electrons. The van der Waals surface area contributed by atoms with Gasteiger partial charge in [-0.05, 0) is 5.92 Å². The van der Waals surface area contributed by atoms with Crippen molar-refractivity contribution in [1.82, 2.24) is 20.0 Å². The molecule has 0 aromatic carbocycles.